The van der Waals surface area contributed by atoms with Crippen molar-refractivity contribution in [3.8, 4) is 45.2 Å². The van der Waals surface area contributed by atoms with E-state index >= 15 is 0 Å². The first-order valence-electron chi connectivity index (χ1n) is 17.4. The van der Waals surface area contributed by atoms with E-state index in [4.69, 9.17) is 15.0 Å². The summed E-state index contributed by atoms with van der Waals surface area (Å²) < 4.78 is 5.00. The summed E-state index contributed by atoms with van der Waals surface area (Å²) in [5.41, 5.74) is 8.13. The maximum absolute atomic E-state index is 5.34. The topological polar surface area (TPSA) is 38.7 Å². The predicted octanol–water partition coefficient (Wildman–Crippen LogP) is 13.6. The van der Waals surface area contributed by atoms with Crippen molar-refractivity contribution in [1.82, 2.24) is 15.0 Å². The van der Waals surface area contributed by atoms with E-state index in [0.717, 1.165) is 61.4 Å². The number of rotatable bonds is 4. The summed E-state index contributed by atoms with van der Waals surface area (Å²) in [6.07, 6.45) is 0. The molecule has 4 aromatic heterocycles. The molecule has 0 amide bonds. The van der Waals surface area contributed by atoms with E-state index in [1.165, 1.54) is 45.7 Å². The van der Waals surface area contributed by atoms with Gasteiger partial charge in [0, 0.05) is 78.8 Å². The lowest BCUT2D eigenvalue weighted by atomic mass is 9.98. The first-order chi connectivity index (χ1) is 25.8. The van der Waals surface area contributed by atoms with Crippen molar-refractivity contribution >= 4 is 84.7 Å². The molecule has 0 aliphatic heterocycles. The van der Waals surface area contributed by atoms with Gasteiger partial charge in [0.05, 0.1) is 22.6 Å². The van der Waals surface area contributed by atoms with Crippen LogP contribution < -0.4 is 0 Å². The van der Waals surface area contributed by atoms with Gasteiger partial charge in [-0.05, 0) is 30.3 Å². The summed E-state index contributed by atoms with van der Waals surface area (Å²) >= 11 is 3.66. The zero-order valence-corrected chi connectivity index (χ0v) is 29.4. The van der Waals surface area contributed by atoms with Crippen molar-refractivity contribution in [3.05, 3.63) is 164 Å². The number of nitrogens with zero attached hydrogens (tertiary/aromatic N) is 3. The Hall–Kier alpha value is -6.27. The fourth-order valence-electron chi connectivity index (χ4n) is 7.64. The van der Waals surface area contributed by atoms with E-state index in [0.29, 0.717) is 0 Å². The SMILES string of the molecule is c1ccc(-c2cc(-c3ccc4c(c3)sc3ccccc34)nc(-c3cccc4c3sc3c4ccc4c(-c5ccccc5)nc5ccccc5c43)n2)cc1. The molecule has 0 aliphatic rings. The molecule has 0 N–H and O–H groups in total. The van der Waals surface area contributed by atoms with Crippen LogP contribution in [0.5, 0.6) is 0 Å². The van der Waals surface area contributed by atoms with E-state index in [-0.39, 0.29) is 0 Å². The first kappa shape index (κ1) is 29.5. The standard InChI is InChI=1S/C47H27N3S2/c1-3-12-28(13-4-1)39-27-40(30-22-23-32-31-16-8-10-21-41(31)51-42(32)26-30)50-47(49-39)37-19-11-18-33-34-24-25-36-43(46(34)52-45(33)37)35-17-7-9-20-38(35)48-44(36)29-14-5-2-6-15-29/h1-27H. The molecule has 0 fully saturated rings. The van der Waals surface area contributed by atoms with Crippen LogP contribution in [0.4, 0.5) is 0 Å². The molecule has 0 radical (unpaired) electrons. The van der Waals surface area contributed by atoms with Gasteiger partial charge in [0.25, 0.3) is 0 Å². The summed E-state index contributed by atoms with van der Waals surface area (Å²) in [5.74, 6) is 0.728. The molecule has 242 valence electrons. The number of para-hydroxylation sites is 1. The lowest BCUT2D eigenvalue weighted by molar-refractivity contribution is 1.19. The zero-order valence-electron chi connectivity index (χ0n) is 27.7. The van der Waals surface area contributed by atoms with Gasteiger partial charge in [-0.15, -0.1) is 22.7 Å². The molecule has 0 saturated heterocycles. The third-order valence-electron chi connectivity index (χ3n) is 10.1. The lowest BCUT2D eigenvalue weighted by Gasteiger charge is -2.11. The minimum Gasteiger partial charge on any atom is -0.247 e. The first-order valence-corrected chi connectivity index (χ1v) is 19.0. The Labute approximate surface area is 307 Å². The fourth-order valence-corrected chi connectivity index (χ4v) is 10.2. The van der Waals surface area contributed by atoms with Crippen molar-refractivity contribution in [1.29, 1.82) is 0 Å². The largest absolute Gasteiger partial charge is 0.247 e. The maximum atomic E-state index is 5.34. The van der Waals surface area contributed by atoms with Gasteiger partial charge in [-0.1, -0.05) is 133 Å². The fraction of sp³-hybridized carbons (Fsp3) is 0. The lowest BCUT2D eigenvalue weighted by Crippen LogP contribution is -1.96. The zero-order chi connectivity index (χ0) is 34.2. The van der Waals surface area contributed by atoms with Crippen LogP contribution in [0.1, 0.15) is 0 Å². The molecule has 11 aromatic rings. The Morgan fingerprint density at radius 2 is 1.00 bits per heavy atom. The van der Waals surface area contributed by atoms with E-state index in [9.17, 15) is 0 Å². The third kappa shape index (κ3) is 4.60. The van der Waals surface area contributed by atoms with Crippen LogP contribution in [-0.4, -0.2) is 15.0 Å². The number of pyridine rings is 1. The van der Waals surface area contributed by atoms with Crippen LogP contribution in [0.25, 0.3) is 107 Å². The highest BCUT2D eigenvalue weighted by Gasteiger charge is 2.20. The molecule has 4 heterocycles. The molecule has 7 aromatic carbocycles. The number of benzene rings is 7. The number of fused-ring (bicyclic) bond motifs is 10. The highest BCUT2D eigenvalue weighted by atomic mass is 32.1. The minimum absolute atomic E-state index is 0.728. The second-order valence-corrected chi connectivity index (χ2v) is 15.2. The molecule has 0 spiro atoms. The molecule has 0 atom stereocenters. The molecule has 0 bridgehead atoms. The van der Waals surface area contributed by atoms with Gasteiger partial charge in [-0.3, -0.25) is 0 Å². The highest BCUT2D eigenvalue weighted by Crippen LogP contribution is 2.46. The van der Waals surface area contributed by atoms with E-state index in [2.05, 4.69) is 158 Å². The summed E-state index contributed by atoms with van der Waals surface area (Å²) in [6.45, 7) is 0. The second kappa shape index (κ2) is 11.6. The van der Waals surface area contributed by atoms with Gasteiger partial charge >= 0.3 is 0 Å². The molecular weight excluding hydrogens is 671 g/mol. The summed E-state index contributed by atoms with van der Waals surface area (Å²) in [6, 6.07) is 58.1. The number of hydrogen-bond donors (Lipinski definition) is 0. The Kier molecular flexibility index (Phi) is 6.59. The third-order valence-corrected chi connectivity index (χ3v) is 12.5. The smallest absolute Gasteiger partial charge is 0.161 e. The van der Waals surface area contributed by atoms with Crippen molar-refractivity contribution < 1.29 is 0 Å². The molecule has 5 heteroatoms. The van der Waals surface area contributed by atoms with Crippen LogP contribution in [-0.2, 0) is 0 Å². The average Bonchev–Trinajstić information content (AvgIpc) is 3.79. The van der Waals surface area contributed by atoms with Crippen LogP contribution in [0.2, 0.25) is 0 Å². The van der Waals surface area contributed by atoms with Gasteiger partial charge < -0.3 is 0 Å². The molecular formula is C47H27N3S2. The Morgan fingerprint density at radius 1 is 0.365 bits per heavy atom. The normalized spacial score (nSPS) is 11.8. The van der Waals surface area contributed by atoms with Crippen LogP contribution in [0.15, 0.2) is 164 Å². The Balaban J connectivity index is 1.17. The maximum Gasteiger partial charge on any atom is 0.161 e. The Morgan fingerprint density at radius 3 is 1.85 bits per heavy atom. The van der Waals surface area contributed by atoms with Gasteiger partial charge in [0.2, 0.25) is 0 Å². The number of hydrogen-bond acceptors (Lipinski definition) is 5. The van der Waals surface area contributed by atoms with E-state index in [1.54, 1.807) is 0 Å². The van der Waals surface area contributed by atoms with Gasteiger partial charge in [0.15, 0.2) is 5.82 Å². The monoisotopic (exact) mass is 697 g/mol. The van der Waals surface area contributed by atoms with Gasteiger partial charge in [-0.25, -0.2) is 15.0 Å². The summed E-state index contributed by atoms with van der Waals surface area (Å²) in [7, 11) is 0. The summed E-state index contributed by atoms with van der Waals surface area (Å²) in [5, 5.41) is 8.59. The second-order valence-electron chi connectivity index (χ2n) is 13.1. The summed E-state index contributed by atoms with van der Waals surface area (Å²) in [4.78, 5) is 15.8. The molecule has 0 saturated carbocycles. The number of thiophene rings is 2. The van der Waals surface area contributed by atoms with Crippen molar-refractivity contribution in [2.45, 2.75) is 0 Å². The van der Waals surface area contributed by atoms with Gasteiger partial charge in [0.1, 0.15) is 0 Å². The quantitative estimate of drug-likeness (QED) is 0.172. The molecule has 52 heavy (non-hydrogen) atoms. The minimum atomic E-state index is 0.728. The van der Waals surface area contributed by atoms with E-state index in [1.807, 2.05) is 28.7 Å². The van der Waals surface area contributed by atoms with Crippen molar-refractivity contribution in [2.75, 3.05) is 0 Å². The van der Waals surface area contributed by atoms with Crippen molar-refractivity contribution in [3.63, 3.8) is 0 Å². The predicted molar refractivity (Wildman–Crippen MR) is 222 cm³/mol. The molecule has 11 rings (SSSR count). The van der Waals surface area contributed by atoms with Crippen LogP contribution in [0.3, 0.4) is 0 Å². The molecule has 0 unspecified atom stereocenters. The van der Waals surface area contributed by atoms with Crippen LogP contribution >= 0.6 is 22.7 Å². The highest BCUT2D eigenvalue weighted by molar-refractivity contribution is 7.27. The van der Waals surface area contributed by atoms with Crippen molar-refractivity contribution in [2.24, 2.45) is 0 Å². The number of aromatic nitrogens is 3. The average molecular weight is 698 g/mol. The molecule has 0 aliphatic carbocycles. The Bertz CT molecular complexity index is 3180. The molecule has 3 nitrogen and oxygen atoms in total. The van der Waals surface area contributed by atoms with Gasteiger partial charge in [-0.2, -0.15) is 0 Å². The van der Waals surface area contributed by atoms with E-state index < -0.39 is 0 Å². The van der Waals surface area contributed by atoms with Crippen LogP contribution in [0, 0.1) is 0 Å².